The van der Waals surface area contributed by atoms with Crippen molar-refractivity contribution < 1.29 is 4.39 Å². The summed E-state index contributed by atoms with van der Waals surface area (Å²) >= 11 is 1.33. The molecular weight excluding hydrogens is 211 g/mol. The molecule has 2 rings (SSSR count). The van der Waals surface area contributed by atoms with Crippen LogP contribution in [-0.2, 0) is 0 Å². The standard InChI is InChI=1S/C11H7FN2S/c1-7-10(12)4-8(6-14-7)11-3-2-9(5-13)15-11/h2-4,6H,1H3. The molecule has 0 aliphatic rings. The third-order valence-electron chi connectivity index (χ3n) is 2.03. The molecule has 0 fully saturated rings. The van der Waals surface area contributed by atoms with Gasteiger partial charge in [0.15, 0.2) is 0 Å². The number of hydrogen-bond acceptors (Lipinski definition) is 3. The molecule has 0 aliphatic carbocycles. The second-order valence-corrected chi connectivity index (χ2v) is 4.15. The van der Waals surface area contributed by atoms with Crippen LogP contribution in [0.1, 0.15) is 10.6 Å². The smallest absolute Gasteiger partial charge is 0.145 e. The lowest BCUT2D eigenvalue weighted by atomic mass is 10.2. The highest BCUT2D eigenvalue weighted by Gasteiger charge is 2.05. The van der Waals surface area contributed by atoms with E-state index in [0.717, 1.165) is 4.88 Å². The molecule has 2 heterocycles. The van der Waals surface area contributed by atoms with Crippen LogP contribution in [0, 0.1) is 24.1 Å². The van der Waals surface area contributed by atoms with Gasteiger partial charge in [0, 0.05) is 16.6 Å². The Hall–Kier alpha value is -1.73. The van der Waals surface area contributed by atoms with Crippen LogP contribution in [0.2, 0.25) is 0 Å². The third kappa shape index (κ3) is 1.88. The fourth-order valence-corrected chi connectivity index (χ4v) is 1.98. The van der Waals surface area contributed by atoms with E-state index < -0.39 is 0 Å². The Morgan fingerprint density at radius 1 is 1.47 bits per heavy atom. The third-order valence-corrected chi connectivity index (χ3v) is 3.06. The number of hydrogen-bond donors (Lipinski definition) is 0. The van der Waals surface area contributed by atoms with Crippen molar-refractivity contribution in [3.05, 3.63) is 40.8 Å². The van der Waals surface area contributed by atoms with E-state index in [-0.39, 0.29) is 5.82 Å². The second-order valence-electron chi connectivity index (χ2n) is 3.07. The topological polar surface area (TPSA) is 36.7 Å². The Morgan fingerprint density at radius 2 is 2.27 bits per heavy atom. The predicted molar refractivity (Wildman–Crippen MR) is 57.0 cm³/mol. The van der Waals surface area contributed by atoms with E-state index in [0.29, 0.717) is 16.1 Å². The summed E-state index contributed by atoms with van der Waals surface area (Å²) in [5, 5.41) is 8.67. The average molecular weight is 218 g/mol. The number of nitriles is 1. The maximum Gasteiger partial charge on any atom is 0.145 e. The van der Waals surface area contributed by atoms with Gasteiger partial charge in [-0.15, -0.1) is 11.3 Å². The molecule has 0 spiro atoms. The zero-order chi connectivity index (χ0) is 10.8. The molecule has 2 aromatic rings. The molecular formula is C11H7FN2S. The molecule has 0 atom stereocenters. The van der Waals surface area contributed by atoms with Gasteiger partial charge in [-0.1, -0.05) is 0 Å². The number of thiophene rings is 1. The lowest BCUT2D eigenvalue weighted by molar-refractivity contribution is 0.610. The van der Waals surface area contributed by atoms with Gasteiger partial charge in [-0.2, -0.15) is 5.26 Å². The van der Waals surface area contributed by atoms with Crippen molar-refractivity contribution in [2.45, 2.75) is 6.92 Å². The van der Waals surface area contributed by atoms with E-state index in [2.05, 4.69) is 4.98 Å². The lowest BCUT2D eigenvalue weighted by Gasteiger charge is -1.98. The Morgan fingerprint density at radius 3 is 2.87 bits per heavy atom. The molecule has 0 N–H and O–H groups in total. The van der Waals surface area contributed by atoms with Crippen LogP contribution in [0.25, 0.3) is 10.4 Å². The van der Waals surface area contributed by atoms with Crippen molar-refractivity contribution in [3.8, 4) is 16.5 Å². The molecule has 0 saturated carbocycles. The van der Waals surface area contributed by atoms with Crippen LogP contribution in [0.3, 0.4) is 0 Å². The van der Waals surface area contributed by atoms with Gasteiger partial charge in [0.1, 0.15) is 16.8 Å². The fourth-order valence-electron chi connectivity index (χ4n) is 1.19. The van der Waals surface area contributed by atoms with Crippen LogP contribution < -0.4 is 0 Å². The fraction of sp³-hybridized carbons (Fsp3) is 0.0909. The maximum absolute atomic E-state index is 13.2. The Kier molecular flexibility index (Phi) is 2.48. The Bertz CT molecular complexity index is 540. The summed E-state index contributed by atoms with van der Waals surface area (Å²) in [4.78, 5) is 5.41. The van der Waals surface area contributed by atoms with Crippen molar-refractivity contribution in [2.24, 2.45) is 0 Å². The first kappa shape index (κ1) is 9.81. The first-order valence-corrected chi connectivity index (χ1v) is 5.15. The average Bonchev–Trinajstić information content (AvgIpc) is 2.70. The number of aromatic nitrogens is 1. The highest BCUT2D eigenvalue weighted by atomic mass is 32.1. The van der Waals surface area contributed by atoms with Crippen LogP contribution in [-0.4, -0.2) is 4.98 Å². The summed E-state index contributed by atoms with van der Waals surface area (Å²) in [5.74, 6) is -0.320. The zero-order valence-electron chi connectivity index (χ0n) is 7.99. The molecule has 4 heteroatoms. The van der Waals surface area contributed by atoms with Gasteiger partial charge in [0.2, 0.25) is 0 Å². The molecule has 0 unspecified atom stereocenters. The first-order chi connectivity index (χ1) is 7.20. The Balaban J connectivity index is 2.46. The minimum Gasteiger partial charge on any atom is -0.258 e. The summed E-state index contributed by atoms with van der Waals surface area (Å²) < 4.78 is 13.2. The first-order valence-electron chi connectivity index (χ1n) is 4.33. The van der Waals surface area contributed by atoms with E-state index in [4.69, 9.17) is 5.26 Å². The molecule has 0 saturated heterocycles. The number of aryl methyl sites for hydroxylation is 1. The van der Waals surface area contributed by atoms with Crippen molar-refractivity contribution >= 4 is 11.3 Å². The molecule has 0 bridgehead atoms. The van der Waals surface area contributed by atoms with Crippen molar-refractivity contribution in [3.63, 3.8) is 0 Å². The van der Waals surface area contributed by atoms with Gasteiger partial charge in [-0.05, 0) is 25.1 Å². The van der Waals surface area contributed by atoms with E-state index >= 15 is 0 Å². The minimum atomic E-state index is -0.320. The zero-order valence-corrected chi connectivity index (χ0v) is 8.81. The second kappa shape index (κ2) is 3.79. The largest absolute Gasteiger partial charge is 0.258 e. The van der Waals surface area contributed by atoms with Gasteiger partial charge < -0.3 is 0 Å². The molecule has 74 valence electrons. The van der Waals surface area contributed by atoms with Crippen LogP contribution in [0.4, 0.5) is 4.39 Å². The van der Waals surface area contributed by atoms with Gasteiger partial charge in [0.25, 0.3) is 0 Å². The molecule has 0 aromatic carbocycles. The molecule has 2 nitrogen and oxygen atoms in total. The van der Waals surface area contributed by atoms with Crippen molar-refractivity contribution in [1.82, 2.24) is 4.98 Å². The predicted octanol–water partition coefficient (Wildman–Crippen LogP) is 3.13. The number of rotatable bonds is 1. The summed E-state index contributed by atoms with van der Waals surface area (Å²) in [6, 6.07) is 7.01. The van der Waals surface area contributed by atoms with Gasteiger partial charge in [0.05, 0.1) is 5.69 Å². The molecule has 0 aliphatic heterocycles. The van der Waals surface area contributed by atoms with Gasteiger partial charge >= 0.3 is 0 Å². The molecule has 0 amide bonds. The monoisotopic (exact) mass is 218 g/mol. The summed E-state index contributed by atoms with van der Waals surface area (Å²) in [6.07, 6.45) is 1.62. The minimum absolute atomic E-state index is 0.320. The summed E-state index contributed by atoms with van der Waals surface area (Å²) in [5.41, 5.74) is 1.10. The van der Waals surface area contributed by atoms with Crippen LogP contribution >= 0.6 is 11.3 Å². The maximum atomic E-state index is 13.2. The molecule has 15 heavy (non-hydrogen) atoms. The normalized spacial score (nSPS) is 9.93. The Labute approximate surface area is 90.6 Å². The molecule has 2 aromatic heterocycles. The van der Waals surface area contributed by atoms with Crippen LogP contribution in [0.15, 0.2) is 24.4 Å². The number of nitrogens with zero attached hydrogens (tertiary/aromatic N) is 2. The number of halogens is 1. The SMILES string of the molecule is Cc1ncc(-c2ccc(C#N)s2)cc1F. The van der Waals surface area contributed by atoms with E-state index in [1.165, 1.54) is 17.4 Å². The van der Waals surface area contributed by atoms with Crippen molar-refractivity contribution in [2.75, 3.05) is 0 Å². The van der Waals surface area contributed by atoms with Crippen LogP contribution in [0.5, 0.6) is 0 Å². The number of pyridine rings is 1. The van der Waals surface area contributed by atoms with Gasteiger partial charge in [-0.3, -0.25) is 4.98 Å². The van der Waals surface area contributed by atoms with E-state index in [1.807, 2.05) is 6.07 Å². The highest BCUT2D eigenvalue weighted by molar-refractivity contribution is 7.16. The van der Waals surface area contributed by atoms with Crippen molar-refractivity contribution in [1.29, 1.82) is 5.26 Å². The highest BCUT2D eigenvalue weighted by Crippen LogP contribution is 2.27. The lowest BCUT2D eigenvalue weighted by Crippen LogP contribution is -1.87. The van der Waals surface area contributed by atoms with E-state index in [9.17, 15) is 4.39 Å². The van der Waals surface area contributed by atoms with E-state index in [1.54, 1.807) is 25.3 Å². The van der Waals surface area contributed by atoms with Gasteiger partial charge in [-0.25, -0.2) is 4.39 Å². The molecule has 0 radical (unpaired) electrons. The summed E-state index contributed by atoms with van der Waals surface area (Å²) in [6.45, 7) is 1.62. The summed E-state index contributed by atoms with van der Waals surface area (Å²) in [7, 11) is 0. The quantitative estimate of drug-likeness (QED) is 0.737.